The van der Waals surface area contributed by atoms with E-state index in [0.717, 1.165) is 27.7 Å². The molecule has 0 radical (unpaired) electrons. The van der Waals surface area contributed by atoms with Gasteiger partial charge in [-0.1, -0.05) is 17.3 Å². The fourth-order valence-electron chi connectivity index (χ4n) is 5.10. The molecule has 1 atom stereocenters. The third-order valence-electron chi connectivity index (χ3n) is 7.30. The van der Waals surface area contributed by atoms with Gasteiger partial charge in [0, 0.05) is 18.7 Å². The van der Waals surface area contributed by atoms with E-state index in [1.54, 1.807) is 37.3 Å². The lowest BCUT2D eigenvalue weighted by atomic mass is 9.78. The molecule has 1 fully saturated rings. The van der Waals surface area contributed by atoms with Crippen LogP contribution in [-0.2, 0) is 11.4 Å². The molecule has 0 unspecified atom stereocenters. The minimum Gasteiger partial charge on any atom is -0.618 e. The van der Waals surface area contributed by atoms with Crippen LogP contribution in [0.15, 0.2) is 47.3 Å². The third-order valence-corrected chi connectivity index (χ3v) is 7.30. The van der Waals surface area contributed by atoms with Gasteiger partial charge >= 0.3 is 6.18 Å². The van der Waals surface area contributed by atoms with E-state index in [4.69, 9.17) is 4.52 Å². The Kier molecular flexibility index (Phi) is 8.24. The Balaban J connectivity index is 1.54. The van der Waals surface area contributed by atoms with E-state index in [2.05, 4.69) is 15.8 Å². The summed E-state index contributed by atoms with van der Waals surface area (Å²) in [5.41, 5.74) is 3.30. The number of hydrogen-bond donors (Lipinski definition) is 3. The van der Waals surface area contributed by atoms with E-state index in [1.807, 2.05) is 6.92 Å². The molecule has 1 aliphatic carbocycles. The highest BCUT2D eigenvalue weighted by molar-refractivity contribution is 6.01. The Bertz CT molecular complexity index is 1330. The van der Waals surface area contributed by atoms with Crippen molar-refractivity contribution < 1.29 is 37.1 Å². The number of aliphatic hydroxyl groups excluding tert-OH is 1. The van der Waals surface area contributed by atoms with Gasteiger partial charge in [-0.2, -0.15) is 17.9 Å². The zero-order chi connectivity index (χ0) is 28.3. The third kappa shape index (κ3) is 6.22. The van der Waals surface area contributed by atoms with Gasteiger partial charge in [0.1, 0.15) is 23.6 Å². The van der Waals surface area contributed by atoms with Gasteiger partial charge < -0.3 is 25.5 Å². The molecule has 4 rings (SSSR count). The maximum atomic E-state index is 13.4. The number of aromatic nitrogens is 2. The maximum Gasteiger partial charge on any atom is 0.391 e. The number of halogens is 3. The number of rotatable bonds is 7. The van der Waals surface area contributed by atoms with E-state index in [-0.39, 0.29) is 36.9 Å². The summed E-state index contributed by atoms with van der Waals surface area (Å²) in [5.74, 6) is -3.29. The van der Waals surface area contributed by atoms with Crippen molar-refractivity contribution in [3.8, 4) is 11.1 Å². The van der Waals surface area contributed by atoms with Gasteiger partial charge in [-0.15, -0.1) is 0 Å². The van der Waals surface area contributed by atoms with Crippen LogP contribution in [-0.4, -0.2) is 34.3 Å². The normalized spacial score (nSPS) is 18.4. The molecular weight excluding hydrogens is 517 g/mol. The molecule has 0 spiro atoms. The molecule has 2 aromatic heterocycles. The Hall–Kier alpha value is -3.93. The van der Waals surface area contributed by atoms with Crippen molar-refractivity contribution in [2.45, 2.75) is 58.4 Å². The molecule has 0 saturated heterocycles. The van der Waals surface area contributed by atoms with Gasteiger partial charge in [0.15, 0.2) is 11.9 Å². The Morgan fingerprint density at radius 2 is 1.82 bits per heavy atom. The molecule has 2 amide bonds. The highest BCUT2D eigenvalue weighted by Gasteiger charge is 2.44. The SMILES string of the molecule is Cc1cc[n+]([O-])c(C)c1-c1ccc(NC(=O)[C@@H](NC(=O)c2conc2CO)C2CCC(C(F)(F)F)CC2)cc1. The summed E-state index contributed by atoms with van der Waals surface area (Å²) in [6.45, 7) is 3.03. The number of anilines is 1. The number of aliphatic hydroxyl groups is 1. The van der Waals surface area contributed by atoms with Gasteiger partial charge in [0.25, 0.3) is 5.91 Å². The summed E-state index contributed by atoms with van der Waals surface area (Å²) in [4.78, 5) is 26.3. The molecule has 0 bridgehead atoms. The van der Waals surface area contributed by atoms with Crippen molar-refractivity contribution in [1.82, 2.24) is 10.5 Å². The van der Waals surface area contributed by atoms with Crippen molar-refractivity contribution in [2.24, 2.45) is 11.8 Å². The first-order valence-corrected chi connectivity index (χ1v) is 12.5. The van der Waals surface area contributed by atoms with E-state index in [9.17, 15) is 33.1 Å². The Morgan fingerprint density at radius 1 is 1.15 bits per heavy atom. The maximum absolute atomic E-state index is 13.4. The summed E-state index contributed by atoms with van der Waals surface area (Å²) in [7, 11) is 0. The zero-order valence-electron chi connectivity index (χ0n) is 21.4. The van der Waals surface area contributed by atoms with Crippen molar-refractivity contribution in [3.63, 3.8) is 0 Å². The predicted octanol–water partition coefficient (Wildman–Crippen LogP) is 4.19. The number of carbonyl (C=O) groups excluding carboxylic acids is 2. The summed E-state index contributed by atoms with van der Waals surface area (Å²) in [5, 5.41) is 30.3. The van der Waals surface area contributed by atoms with Crippen LogP contribution < -0.4 is 15.4 Å². The molecule has 0 aliphatic heterocycles. The van der Waals surface area contributed by atoms with Crippen LogP contribution in [0.5, 0.6) is 0 Å². The smallest absolute Gasteiger partial charge is 0.391 e. The van der Waals surface area contributed by atoms with Gasteiger partial charge in [-0.3, -0.25) is 9.59 Å². The average Bonchev–Trinajstić information content (AvgIpc) is 3.39. The Morgan fingerprint density at radius 3 is 2.44 bits per heavy atom. The number of carbonyl (C=O) groups is 2. The van der Waals surface area contributed by atoms with Gasteiger partial charge in [-0.05, 0) is 61.8 Å². The molecule has 3 aromatic rings. The number of nitrogens with zero attached hydrogens (tertiary/aromatic N) is 2. The number of amides is 2. The monoisotopic (exact) mass is 546 g/mol. The fourth-order valence-corrected chi connectivity index (χ4v) is 5.10. The van der Waals surface area contributed by atoms with Gasteiger partial charge in [0.05, 0.1) is 18.1 Å². The number of benzene rings is 1. The van der Waals surface area contributed by atoms with Crippen LogP contribution in [0.25, 0.3) is 11.1 Å². The molecular formula is C27H29F3N4O5. The molecule has 9 nitrogen and oxygen atoms in total. The topological polar surface area (TPSA) is 131 Å². The fraction of sp³-hybridized carbons (Fsp3) is 0.407. The Labute approximate surface area is 222 Å². The van der Waals surface area contributed by atoms with Crippen LogP contribution in [0.3, 0.4) is 0 Å². The van der Waals surface area contributed by atoms with Gasteiger partial charge in [0.2, 0.25) is 5.91 Å². The van der Waals surface area contributed by atoms with E-state index in [0.29, 0.717) is 11.4 Å². The minimum atomic E-state index is -4.31. The largest absolute Gasteiger partial charge is 0.618 e. The summed E-state index contributed by atoms with van der Waals surface area (Å²) >= 11 is 0. The van der Waals surface area contributed by atoms with Crippen molar-refractivity contribution >= 4 is 17.5 Å². The molecule has 1 saturated carbocycles. The van der Waals surface area contributed by atoms with Crippen molar-refractivity contribution in [1.29, 1.82) is 0 Å². The second-order valence-corrected chi connectivity index (χ2v) is 9.79. The molecule has 12 heteroatoms. The molecule has 1 aromatic carbocycles. The number of pyridine rings is 1. The minimum absolute atomic E-state index is 0.0195. The highest BCUT2D eigenvalue weighted by atomic mass is 19.4. The predicted molar refractivity (Wildman–Crippen MR) is 134 cm³/mol. The summed E-state index contributed by atoms with van der Waals surface area (Å²) < 4.78 is 45.2. The van der Waals surface area contributed by atoms with Crippen molar-refractivity contribution in [3.05, 3.63) is 70.5 Å². The van der Waals surface area contributed by atoms with Crippen LogP contribution >= 0.6 is 0 Å². The van der Waals surface area contributed by atoms with Crippen molar-refractivity contribution in [2.75, 3.05) is 5.32 Å². The van der Waals surface area contributed by atoms with E-state index < -0.39 is 42.5 Å². The van der Waals surface area contributed by atoms with E-state index >= 15 is 0 Å². The quantitative estimate of drug-likeness (QED) is 0.301. The first-order valence-electron chi connectivity index (χ1n) is 12.5. The van der Waals surface area contributed by atoms with E-state index in [1.165, 1.54) is 6.20 Å². The summed E-state index contributed by atoms with van der Waals surface area (Å²) in [6.07, 6.45) is -1.94. The number of aryl methyl sites for hydroxylation is 1. The molecule has 1 aliphatic rings. The molecule has 3 N–H and O–H groups in total. The lowest BCUT2D eigenvalue weighted by molar-refractivity contribution is -0.611. The lowest BCUT2D eigenvalue weighted by Crippen LogP contribution is -2.50. The van der Waals surface area contributed by atoms with Crippen LogP contribution in [0.4, 0.5) is 18.9 Å². The first kappa shape index (κ1) is 28.1. The first-order chi connectivity index (χ1) is 18.5. The van der Waals surface area contributed by atoms with Crippen LogP contribution in [0.1, 0.15) is 53.0 Å². The second-order valence-electron chi connectivity index (χ2n) is 9.79. The number of hydrogen-bond acceptors (Lipinski definition) is 6. The number of alkyl halides is 3. The van der Waals surface area contributed by atoms with Gasteiger partial charge in [-0.25, -0.2) is 0 Å². The standard InChI is InChI=1S/C27H29F3N4O5/c1-15-11-12-34(38)16(2)23(15)17-5-9-20(10-6-17)31-26(37)24(18-3-7-19(8-4-18)27(28,29)30)32-25(36)21-14-39-33-22(21)13-35/h5-6,9-12,14,18-19,24,35H,3-4,7-8,13H2,1-2H3,(H,31,37)(H,32,36)/t18?,19?,24-/m0/s1. The molecule has 39 heavy (non-hydrogen) atoms. The molecule has 2 heterocycles. The lowest BCUT2D eigenvalue weighted by Gasteiger charge is -2.34. The molecule has 208 valence electrons. The number of nitrogens with one attached hydrogen (secondary N) is 2. The summed E-state index contributed by atoms with van der Waals surface area (Å²) in [6, 6.07) is 7.37. The van der Waals surface area contributed by atoms with Crippen LogP contribution in [0, 0.1) is 30.9 Å². The average molecular weight is 547 g/mol. The highest BCUT2D eigenvalue weighted by Crippen LogP contribution is 2.40. The second kappa shape index (κ2) is 11.4. The van der Waals surface area contributed by atoms with Crippen LogP contribution in [0.2, 0.25) is 0 Å². The zero-order valence-corrected chi connectivity index (χ0v) is 21.4.